The zero-order chi connectivity index (χ0) is 23.1. The quantitative estimate of drug-likeness (QED) is 0.139. The SMILES string of the molecule is C/C=C(O)\C=C(/c1nc(N)cc(=O)[nH]1)C(NC(C)/C(C=O)=C\C(F)=C/N)C(F)(F)F. The Balaban J connectivity index is 3.60. The lowest BCUT2D eigenvalue weighted by Crippen LogP contribution is -2.48. The van der Waals surface area contributed by atoms with Gasteiger partial charge in [-0.3, -0.25) is 14.9 Å². The van der Waals surface area contributed by atoms with Gasteiger partial charge in [-0.25, -0.2) is 9.37 Å². The summed E-state index contributed by atoms with van der Waals surface area (Å²) in [5.74, 6) is -2.49. The van der Waals surface area contributed by atoms with Gasteiger partial charge in [0.2, 0.25) is 0 Å². The number of H-pyrrole nitrogens is 1. The maximum Gasteiger partial charge on any atom is 0.408 e. The van der Waals surface area contributed by atoms with Gasteiger partial charge in [0.1, 0.15) is 35.6 Å². The summed E-state index contributed by atoms with van der Waals surface area (Å²) >= 11 is 0. The second-order valence-corrected chi connectivity index (χ2v) is 6.01. The Morgan fingerprint density at radius 2 is 2.00 bits per heavy atom. The summed E-state index contributed by atoms with van der Waals surface area (Å²) in [4.78, 5) is 28.7. The van der Waals surface area contributed by atoms with E-state index in [1.165, 1.54) is 13.8 Å². The largest absolute Gasteiger partial charge is 0.508 e. The molecule has 30 heavy (non-hydrogen) atoms. The first-order chi connectivity index (χ1) is 13.9. The Morgan fingerprint density at radius 1 is 1.37 bits per heavy atom. The Labute approximate surface area is 168 Å². The van der Waals surface area contributed by atoms with E-state index in [2.05, 4.69) is 15.3 Å². The van der Waals surface area contributed by atoms with Crippen molar-refractivity contribution in [2.45, 2.75) is 32.1 Å². The Kier molecular flexibility index (Phi) is 8.53. The number of nitrogens with one attached hydrogen (secondary N) is 2. The van der Waals surface area contributed by atoms with E-state index in [-0.39, 0.29) is 17.7 Å². The van der Waals surface area contributed by atoms with Crippen LogP contribution in [0.25, 0.3) is 5.57 Å². The van der Waals surface area contributed by atoms with Gasteiger partial charge in [0.05, 0.1) is 0 Å². The minimum atomic E-state index is -4.98. The zero-order valence-electron chi connectivity index (χ0n) is 16.0. The first-order valence-corrected chi connectivity index (χ1v) is 8.43. The van der Waals surface area contributed by atoms with Crippen LogP contribution in [0.3, 0.4) is 0 Å². The lowest BCUT2D eigenvalue weighted by atomic mass is 10.0. The van der Waals surface area contributed by atoms with Crippen LogP contribution in [0.4, 0.5) is 23.4 Å². The van der Waals surface area contributed by atoms with E-state index in [9.17, 15) is 32.3 Å². The van der Waals surface area contributed by atoms with Gasteiger partial charge < -0.3 is 21.6 Å². The lowest BCUT2D eigenvalue weighted by Gasteiger charge is -2.27. The summed E-state index contributed by atoms with van der Waals surface area (Å²) < 4.78 is 55.1. The van der Waals surface area contributed by atoms with Crippen molar-refractivity contribution in [1.29, 1.82) is 0 Å². The highest BCUT2D eigenvalue weighted by molar-refractivity contribution is 5.76. The molecule has 0 spiro atoms. The number of aromatic nitrogens is 2. The van der Waals surface area contributed by atoms with E-state index in [4.69, 9.17) is 11.5 Å². The number of nitrogen functional groups attached to an aromatic ring is 1. The van der Waals surface area contributed by atoms with Crippen molar-refractivity contribution >= 4 is 17.7 Å². The number of nitrogens with zero attached hydrogens (tertiary/aromatic N) is 1. The van der Waals surface area contributed by atoms with E-state index in [1.54, 1.807) is 0 Å². The van der Waals surface area contributed by atoms with Crippen LogP contribution in [0.5, 0.6) is 0 Å². The molecule has 0 saturated carbocycles. The number of rotatable bonds is 8. The molecular formula is C18H21F4N5O3. The number of alkyl halides is 3. The topological polar surface area (TPSA) is 147 Å². The number of hydrogen-bond donors (Lipinski definition) is 5. The molecule has 8 nitrogen and oxygen atoms in total. The molecule has 0 aliphatic carbocycles. The molecule has 1 aromatic rings. The third-order valence-corrected chi connectivity index (χ3v) is 3.79. The van der Waals surface area contributed by atoms with Crippen molar-refractivity contribution in [1.82, 2.24) is 15.3 Å². The third-order valence-electron chi connectivity index (χ3n) is 3.79. The van der Waals surface area contributed by atoms with Gasteiger partial charge in [0.15, 0.2) is 0 Å². The standard InChI is InChI=1S/C18H21F4N5O3/c1-3-12(29)5-13(17-26-14(24)6-15(30)27-17)16(18(20,21)22)25-9(2)10(8-28)4-11(19)7-23/h3-9,16,25,29H,23H2,1-2H3,(H3,24,26,27,30)/b10-4-,11-7+,12-3+,13-5-. The number of aliphatic hydroxyl groups is 1. The highest BCUT2D eigenvalue weighted by Crippen LogP contribution is 2.31. The van der Waals surface area contributed by atoms with Crippen molar-refractivity contribution in [3.63, 3.8) is 0 Å². The molecule has 12 heteroatoms. The summed E-state index contributed by atoms with van der Waals surface area (Å²) in [6.45, 7) is 2.55. The summed E-state index contributed by atoms with van der Waals surface area (Å²) in [5.41, 5.74) is 8.56. The average molecular weight is 431 g/mol. The first-order valence-electron chi connectivity index (χ1n) is 8.43. The molecule has 0 bridgehead atoms. The van der Waals surface area contributed by atoms with E-state index >= 15 is 0 Å². The molecule has 0 radical (unpaired) electrons. The summed E-state index contributed by atoms with van der Waals surface area (Å²) in [6, 6.07) is -2.98. The number of carbonyl (C=O) groups excluding carboxylic acids is 1. The van der Waals surface area contributed by atoms with Gasteiger partial charge in [-0.1, -0.05) is 0 Å². The van der Waals surface area contributed by atoms with Crippen LogP contribution in [0.1, 0.15) is 19.7 Å². The summed E-state index contributed by atoms with van der Waals surface area (Å²) in [7, 11) is 0. The third kappa shape index (κ3) is 6.88. The monoisotopic (exact) mass is 431 g/mol. The van der Waals surface area contributed by atoms with Crippen molar-refractivity contribution in [2.24, 2.45) is 5.73 Å². The van der Waals surface area contributed by atoms with Crippen molar-refractivity contribution in [3.8, 4) is 0 Å². The summed E-state index contributed by atoms with van der Waals surface area (Å²) in [6.07, 6.45) is -1.76. The molecule has 164 valence electrons. The van der Waals surface area contributed by atoms with Crippen molar-refractivity contribution in [2.75, 3.05) is 5.73 Å². The molecule has 0 fully saturated rings. The number of anilines is 1. The van der Waals surface area contributed by atoms with Gasteiger partial charge in [-0.15, -0.1) is 0 Å². The first kappa shape index (κ1) is 24.6. The second kappa shape index (κ2) is 10.4. The Morgan fingerprint density at radius 3 is 2.47 bits per heavy atom. The number of allylic oxidation sites excluding steroid dienone is 4. The van der Waals surface area contributed by atoms with Crippen LogP contribution in [0.15, 0.2) is 52.4 Å². The maximum atomic E-state index is 13.9. The van der Waals surface area contributed by atoms with Gasteiger partial charge in [-0.2, -0.15) is 13.2 Å². The van der Waals surface area contributed by atoms with E-state index in [0.29, 0.717) is 12.3 Å². The smallest absolute Gasteiger partial charge is 0.408 e. The highest BCUT2D eigenvalue weighted by atomic mass is 19.4. The second-order valence-electron chi connectivity index (χ2n) is 6.01. The fraction of sp³-hybridized carbons (Fsp3) is 0.278. The van der Waals surface area contributed by atoms with Crippen LogP contribution in [-0.2, 0) is 4.79 Å². The van der Waals surface area contributed by atoms with Crippen LogP contribution in [0, 0.1) is 0 Å². The molecule has 0 amide bonds. The van der Waals surface area contributed by atoms with Crippen LogP contribution >= 0.6 is 0 Å². The van der Waals surface area contributed by atoms with E-state index in [1.807, 2.05) is 0 Å². The molecule has 2 unspecified atom stereocenters. The molecule has 0 aromatic carbocycles. The fourth-order valence-electron chi connectivity index (χ4n) is 2.32. The predicted octanol–water partition coefficient (Wildman–Crippen LogP) is 2.00. The lowest BCUT2D eigenvalue weighted by molar-refractivity contribution is -0.143. The van der Waals surface area contributed by atoms with E-state index < -0.39 is 46.8 Å². The van der Waals surface area contributed by atoms with E-state index in [0.717, 1.165) is 18.2 Å². The molecule has 2 atom stereocenters. The molecule has 0 aliphatic heterocycles. The molecule has 0 aliphatic rings. The Bertz CT molecular complexity index is 948. The predicted molar refractivity (Wildman–Crippen MR) is 104 cm³/mol. The van der Waals surface area contributed by atoms with Gasteiger partial charge in [-0.05, 0) is 32.1 Å². The molecule has 0 saturated heterocycles. The molecule has 1 aromatic heterocycles. The van der Waals surface area contributed by atoms with Gasteiger partial charge in [0.25, 0.3) is 5.56 Å². The zero-order valence-corrected chi connectivity index (χ0v) is 16.0. The van der Waals surface area contributed by atoms with Gasteiger partial charge in [0, 0.05) is 29.5 Å². The highest BCUT2D eigenvalue weighted by Gasteiger charge is 2.44. The summed E-state index contributed by atoms with van der Waals surface area (Å²) in [5, 5.41) is 11.9. The molecule has 7 N–H and O–H groups in total. The molecule has 1 heterocycles. The van der Waals surface area contributed by atoms with Crippen molar-refractivity contribution < 1.29 is 27.5 Å². The van der Waals surface area contributed by atoms with Crippen LogP contribution < -0.4 is 22.3 Å². The van der Waals surface area contributed by atoms with Crippen molar-refractivity contribution in [3.05, 3.63) is 63.8 Å². The number of aliphatic hydroxyl groups excluding tert-OH is 1. The number of nitrogens with two attached hydrogens (primary N) is 2. The minimum absolute atomic E-state index is 0.168. The Hall–Kier alpha value is -3.41. The number of halogens is 4. The average Bonchev–Trinajstić information content (AvgIpc) is 2.66. The van der Waals surface area contributed by atoms with Crippen LogP contribution in [-0.4, -0.2) is 39.6 Å². The minimum Gasteiger partial charge on any atom is -0.508 e. The molecular weight excluding hydrogens is 410 g/mol. The molecule has 1 rings (SSSR count). The number of hydrogen-bond acceptors (Lipinski definition) is 7. The number of aromatic amines is 1. The fourth-order valence-corrected chi connectivity index (χ4v) is 2.32. The normalized spacial score (nSPS) is 16.3. The number of carbonyl (C=O) groups is 1. The van der Waals surface area contributed by atoms with Crippen LogP contribution in [0.2, 0.25) is 0 Å². The van der Waals surface area contributed by atoms with Gasteiger partial charge >= 0.3 is 6.18 Å². The maximum absolute atomic E-state index is 13.9. The number of aldehydes is 1.